The van der Waals surface area contributed by atoms with Crippen LogP contribution in [0.15, 0.2) is 0 Å². The first-order valence-corrected chi connectivity index (χ1v) is 39.4. The number of carbonyl (C=O) groups is 4. The molecule has 0 radical (unpaired) electrons. The Morgan fingerprint density at radius 3 is 0.854 bits per heavy atom. The second kappa shape index (κ2) is 61.0. The Balaban J connectivity index is 5.25. The summed E-state index contributed by atoms with van der Waals surface area (Å²) in [6.45, 7) is 11.8. The molecule has 0 amide bonds. The summed E-state index contributed by atoms with van der Waals surface area (Å²) >= 11 is 0. The number of hydrogen-bond donors (Lipinski definition) is 3. The standard InChI is InChI=1S/C70H136O17P2/c1-8-10-11-12-13-14-15-17-21-24-29-37-44-51-67(72)80-57-65(86-69(74)53-46-39-30-25-22-19-16-18-20-23-27-34-41-48-61(3)4)59-84-88(76,77)82-55-64(71)56-83-89(78,79)85-60-66(87-70(75)54-47-40-31-26-28-35-42-49-62(5)6)58-81-68(73)52-45-38-33-32-36-43-50-63(7)9-2/h61-66,71H,8-60H2,1-7H3,(H,76,77)(H,78,79)/t63?,64-,65-,66-/m1/s1. The third-order valence-corrected chi connectivity index (χ3v) is 18.4. The van der Waals surface area contributed by atoms with Crippen LogP contribution in [-0.2, 0) is 65.4 Å². The number of ether oxygens (including phenoxy) is 4. The van der Waals surface area contributed by atoms with E-state index in [0.717, 1.165) is 108 Å². The van der Waals surface area contributed by atoms with Crippen molar-refractivity contribution in [3.8, 4) is 0 Å². The Hall–Kier alpha value is -1.94. The van der Waals surface area contributed by atoms with Gasteiger partial charge in [-0.25, -0.2) is 9.13 Å². The van der Waals surface area contributed by atoms with Gasteiger partial charge in [0, 0.05) is 25.7 Å². The number of aliphatic hydroxyl groups excluding tert-OH is 1. The molecule has 3 N–H and O–H groups in total. The second-order valence-corrected chi connectivity index (χ2v) is 29.4. The van der Waals surface area contributed by atoms with Crippen LogP contribution in [0.25, 0.3) is 0 Å². The Bertz CT molecular complexity index is 1750. The zero-order valence-corrected chi connectivity index (χ0v) is 59.7. The van der Waals surface area contributed by atoms with Crippen LogP contribution >= 0.6 is 15.6 Å². The van der Waals surface area contributed by atoms with Gasteiger partial charge in [0.2, 0.25) is 0 Å². The topological polar surface area (TPSA) is 237 Å². The number of unbranched alkanes of at least 4 members (excludes halogenated alkanes) is 35. The van der Waals surface area contributed by atoms with E-state index in [1.54, 1.807) is 0 Å². The van der Waals surface area contributed by atoms with Crippen LogP contribution < -0.4 is 0 Å². The highest BCUT2D eigenvalue weighted by molar-refractivity contribution is 7.47. The highest BCUT2D eigenvalue weighted by Crippen LogP contribution is 2.45. The van der Waals surface area contributed by atoms with Gasteiger partial charge < -0.3 is 33.8 Å². The van der Waals surface area contributed by atoms with E-state index >= 15 is 0 Å². The minimum Gasteiger partial charge on any atom is -0.462 e. The number of phosphoric ester groups is 2. The molecule has 3 unspecified atom stereocenters. The number of rotatable bonds is 68. The normalized spacial score (nSPS) is 14.5. The second-order valence-electron chi connectivity index (χ2n) is 26.5. The first-order valence-electron chi connectivity index (χ1n) is 36.4. The smallest absolute Gasteiger partial charge is 0.462 e. The van der Waals surface area contributed by atoms with Crippen molar-refractivity contribution in [1.82, 2.24) is 0 Å². The summed E-state index contributed by atoms with van der Waals surface area (Å²) in [5, 5.41) is 10.6. The van der Waals surface area contributed by atoms with Gasteiger partial charge >= 0.3 is 39.5 Å². The zero-order valence-electron chi connectivity index (χ0n) is 57.9. The quantitative estimate of drug-likeness (QED) is 0.0222. The lowest BCUT2D eigenvalue weighted by Crippen LogP contribution is -2.30. The maximum Gasteiger partial charge on any atom is 0.472 e. The van der Waals surface area contributed by atoms with E-state index in [4.69, 9.17) is 37.0 Å². The van der Waals surface area contributed by atoms with Crippen molar-refractivity contribution in [2.45, 2.75) is 369 Å². The molecule has 0 aromatic carbocycles. The monoisotopic (exact) mass is 1310 g/mol. The van der Waals surface area contributed by atoms with E-state index in [1.807, 2.05) is 0 Å². The SMILES string of the molecule is CCCCCCCCCCCCCCCC(=O)OC[C@H](COP(=O)(O)OC[C@@H](O)COP(=O)(O)OC[C@@H](COC(=O)CCCCCCCCC(C)CC)OC(=O)CCCCCCCCCC(C)C)OC(=O)CCCCCCCCCCCCCCCC(C)C. The van der Waals surface area contributed by atoms with E-state index in [-0.39, 0.29) is 25.7 Å². The maximum absolute atomic E-state index is 13.0. The Kier molecular flexibility index (Phi) is 59.6. The molecule has 0 aromatic rings. The molecule has 0 aromatic heterocycles. The highest BCUT2D eigenvalue weighted by atomic mass is 31.2. The molecule has 0 fully saturated rings. The van der Waals surface area contributed by atoms with Gasteiger partial charge in [0.15, 0.2) is 12.2 Å². The van der Waals surface area contributed by atoms with Gasteiger partial charge in [0.25, 0.3) is 0 Å². The van der Waals surface area contributed by atoms with E-state index in [2.05, 4.69) is 48.5 Å². The number of esters is 4. The summed E-state index contributed by atoms with van der Waals surface area (Å²) in [5.41, 5.74) is 0. The molecule has 0 aliphatic carbocycles. The van der Waals surface area contributed by atoms with Gasteiger partial charge in [-0.15, -0.1) is 0 Å². The van der Waals surface area contributed by atoms with E-state index in [1.165, 1.54) is 154 Å². The molecular formula is C70H136O17P2. The lowest BCUT2D eigenvalue weighted by molar-refractivity contribution is -0.161. The summed E-state index contributed by atoms with van der Waals surface area (Å²) in [7, 11) is -9.90. The largest absolute Gasteiger partial charge is 0.472 e. The third kappa shape index (κ3) is 63.2. The van der Waals surface area contributed by atoms with Crippen LogP contribution in [0.2, 0.25) is 0 Å². The average molecular weight is 1310 g/mol. The first-order chi connectivity index (χ1) is 42.8. The molecule has 89 heavy (non-hydrogen) atoms. The van der Waals surface area contributed by atoms with Crippen molar-refractivity contribution in [1.29, 1.82) is 0 Å². The lowest BCUT2D eigenvalue weighted by atomic mass is 10.00. The van der Waals surface area contributed by atoms with Crippen LogP contribution in [0.1, 0.15) is 350 Å². The van der Waals surface area contributed by atoms with Crippen molar-refractivity contribution in [3.05, 3.63) is 0 Å². The van der Waals surface area contributed by atoms with Crippen LogP contribution in [-0.4, -0.2) is 96.7 Å². The van der Waals surface area contributed by atoms with Gasteiger partial charge in [0.1, 0.15) is 19.3 Å². The summed E-state index contributed by atoms with van der Waals surface area (Å²) in [4.78, 5) is 72.5. The summed E-state index contributed by atoms with van der Waals surface area (Å²) in [6.07, 6.45) is 44.5. The minimum absolute atomic E-state index is 0.102. The fourth-order valence-corrected chi connectivity index (χ4v) is 12.1. The predicted octanol–water partition coefficient (Wildman–Crippen LogP) is 19.8. The first kappa shape index (κ1) is 87.1. The van der Waals surface area contributed by atoms with Crippen molar-refractivity contribution in [2.24, 2.45) is 17.8 Å². The van der Waals surface area contributed by atoms with Gasteiger partial charge in [0.05, 0.1) is 26.4 Å². The molecule has 0 aliphatic heterocycles. The average Bonchev–Trinajstić information content (AvgIpc) is 3.71. The molecule has 0 aliphatic rings. The van der Waals surface area contributed by atoms with Gasteiger partial charge in [-0.1, -0.05) is 299 Å². The van der Waals surface area contributed by atoms with Gasteiger partial charge in [-0.3, -0.25) is 37.3 Å². The fourth-order valence-electron chi connectivity index (χ4n) is 10.5. The highest BCUT2D eigenvalue weighted by Gasteiger charge is 2.30. The molecule has 0 heterocycles. The summed E-state index contributed by atoms with van der Waals surface area (Å²) in [6, 6.07) is 0. The molecule has 0 bridgehead atoms. The Morgan fingerprint density at radius 1 is 0.326 bits per heavy atom. The third-order valence-electron chi connectivity index (χ3n) is 16.5. The molecule has 19 heteroatoms. The summed E-state index contributed by atoms with van der Waals surface area (Å²) < 4.78 is 68.3. The van der Waals surface area contributed by atoms with Crippen molar-refractivity contribution in [3.63, 3.8) is 0 Å². The van der Waals surface area contributed by atoms with Crippen molar-refractivity contribution >= 4 is 39.5 Å². The predicted molar refractivity (Wildman–Crippen MR) is 358 cm³/mol. The number of carbonyl (C=O) groups excluding carboxylic acids is 4. The fraction of sp³-hybridized carbons (Fsp3) is 0.943. The minimum atomic E-state index is -4.95. The molecular weight excluding hydrogens is 1170 g/mol. The molecule has 0 saturated carbocycles. The van der Waals surface area contributed by atoms with Gasteiger partial charge in [-0.05, 0) is 43.4 Å². The molecule has 0 saturated heterocycles. The maximum atomic E-state index is 13.0. The van der Waals surface area contributed by atoms with E-state index in [0.29, 0.717) is 31.6 Å². The van der Waals surface area contributed by atoms with Crippen LogP contribution in [0, 0.1) is 17.8 Å². The molecule has 6 atom stereocenters. The van der Waals surface area contributed by atoms with Crippen molar-refractivity contribution < 1.29 is 80.2 Å². The van der Waals surface area contributed by atoms with Gasteiger partial charge in [-0.2, -0.15) is 0 Å². The Labute approximate surface area is 543 Å². The number of aliphatic hydroxyl groups is 1. The van der Waals surface area contributed by atoms with Crippen LogP contribution in [0.4, 0.5) is 0 Å². The van der Waals surface area contributed by atoms with E-state index < -0.39 is 97.5 Å². The summed E-state index contributed by atoms with van der Waals surface area (Å²) in [5.74, 6) is 0.0847. The number of hydrogen-bond acceptors (Lipinski definition) is 15. The van der Waals surface area contributed by atoms with Crippen LogP contribution in [0.3, 0.4) is 0 Å². The Morgan fingerprint density at radius 2 is 0.573 bits per heavy atom. The lowest BCUT2D eigenvalue weighted by Gasteiger charge is -2.21. The number of phosphoric acid groups is 2. The molecule has 0 rings (SSSR count). The molecule has 17 nitrogen and oxygen atoms in total. The van der Waals surface area contributed by atoms with Crippen molar-refractivity contribution in [2.75, 3.05) is 39.6 Å². The van der Waals surface area contributed by atoms with Crippen LogP contribution in [0.5, 0.6) is 0 Å². The molecule has 528 valence electrons. The van der Waals surface area contributed by atoms with E-state index in [9.17, 15) is 43.2 Å². The molecule has 0 spiro atoms. The zero-order chi connectivity index (χ0) is 65.9.